The fourth-order valence-electron chi connectivity index (χ4n) is 4.36. The molecule has 7 nitrogen and oxygen atoms in total. The number of anilines is 1. The molecular formula is C22H28F2N4O3. The quantitative estimate of drug-likeness (QED) is 0.580. The zero-order valence-electron chi connectivity index (χ0n) is 17.4. The summed E-state index contributed by atoms with van der Waals surface area (Å²) in [5.41, 5.74) is 7.22. The average Bonchev–Trinajstić information content (AvgIpc) is 3.51. The van der Waals surface area contributed by atoms with E-state index in [1.54, 1.807) is 12.1 Å². The molecule has 2 heterocycles. The highest BCUT2D eigenvalue weighted by atomic mass is 19.3. The lowest BCUT2D eigenvalue weighted by atomic mass is 10.0. The first kappa shape index (κ1) is 21.7. The van der Waals surface area contributed by atoms with Gasteiger partial charge in [-0.15, -0.1) is 0 Å². The summed E-state index contributed by atoms with van der Waals surface area (Å²) in [5.74, 6) is -3.37. The third-order valence-corrected chi connectivity index (χ3v) is 6.45. The van der Waals surface area contributed by atoms with Crippen LogP contribution in [0.1, 0.15) is 54.4 Å². The van der Waals surface area contributed by atoms with Crippen molar-refractivity contribution < 1.29 is 23.2 Å². The van der Waals surface area contributed by atoms with Crippen molar-refractivity contribution in [1.29, 1.82) is 0 Å². The SMILES string of the molecule is NCC(F)(F)CCN(CCC1CC1)c1cccc2c1CN(C1CCC(=O)NC1=O)C2=O. The van der Waals surface area contributed by atoms with E-state index in [1.165, 1.54) is 17.7 Å². The number of carbonyl (C=O) groups is 3. The van der Waals surface area contributed by atoms with Crippen LogP contribution in [-0.2, 0) is 16.1 Å². The molecule has 2 aliphatic heterocycles. The second-order valence-electron chi connectivity index (χ2n) is 8.73. The number of hydrogen-bond acceptors (Lipinski definition) is 5. The van der Waals surface area contributed by atoms with Crippen LogP contribution in [0.4, 0.5) is 14.5 Å². The van der Waals surface area contributed by atoms with Gasteiger partial charge in [-0.3, -0.25) is 19.7 Å². The lowest BCUT2D eigenvalue weighted by Crippen LogP contribution is -2.52. The molecule has 168 valence electrons. The third-order valence-electron chi connectivity index (χ3n) is 6.45. The van der Waals surface area contributed by atoms with E-state index in [0.717, 1.165) is 17.7 Å². The fourth-order valence-corrected chi connectivity index (χ4v) is 4.36. The van der Waals surface area contributed by atoms with Crippen molar-refractivity contribution in [3.05, 3.63) is 29.3 Å². The van der Waals surface area contributed by atoms with Crippen molar-refractivity contribution in [3.8, 4) is 0 Å². The molecule has 0 bridgehead atoms. The summed E-state index contributed by atoms with van der Waals surface area (Å²) in [6.45, 7) is 0.302. The molecule has 1 aromatic carbocycles. The Labute approximate surface area is 179 Å². The molecule has 3 N–H and O–H groups in total. The van der Waals surface area contributed by atoms with Crippen LogP contribution >= 0.6 is 0 Å². The van der Waals surface area contributed by atoms with Crippen LogP contribution in [-0.4, -0.2) is 54.2 Å². The number of halogens is 2. The second kappa shape index (κ2) is 8.53. The molecule has 3 amide bonds. The predicted molar refractivity (Wildman–Crippen MR) is 111 cm³/mol. The lowest BCUT2D eigenvalue weighted by molar-refractivity contribution is -0.136. The van der Waals surface area contributed by atoms with Gasteiger partial charge < -0.3 is 15.5 Å². The number of carbonyl (C=O) groups excluding carboxylic acids is 3. The number of nitrogens with one attached hydrogen (secondary N) is 1. The number of benzene rings is 1. The maximum absolute atomic E-state index is 13.9. The number of amides is 3. The largest absolute Gasteiger partial charge is 0.371 e. The number of rotatable bonds is 9. The van der Waals surface area contributed by atoms with Crippen LogP contribution in [0.3, 0.4) is 0 Å². The van der Waals surface area contributed by atoms with Gasteiger partial charge in [-0.1, -0.05) is 18.9 Å². The van der Waals surface area contributed by atoms with Crippen LogP contribution in [0.15, 0.2) is 18.2 Å². The number of fused-ring (bicyclic) bond motifs is 1. The summed E-state index contributed by atoms with van der Waals surface area (Å²) < 4.78 is 27.7. The number of alkyl halides is 2. The minimum atomic E-state index is -2.94. The number of nitrogens with two attached hydrogens (primary N) is 1. The van der Waals surface area contributed by atoms with Crippen molar-refractivity contribution in [2.45, 2.75) is 57.0 Å². The van der Waals surface area contributed by atoms with Gasteiger partial charge >= 0.3 is 0 Å². The van der Waals surface area contributed by atoms with E-state index in [9.17, 15) is 23.2 Å². The standard InChI is InChI=1S/C22H28F2N4O3/c23-22(24,13-25)9-11-27(10-8-14-4-5-14)17-3-1-2-15-16(17)12-28(21(15)31)18-6-7-19(29)26-20(18)30/h1-3,14,18H,4-13,25H2,(H,26,29,30). The van der Waals surface area contributed by atoms with Gasteiger partial charge in [0.05, 0.1) is 6.54 Å². The molecule has 1 aliphatic carbocycles. The van der Waals surface area contributed by atoms with Crippen LogP contribution in [0.25, 0.3) is 0 Å². The van der Waals surface area contributed by atoms with E-state index in [-0.39, 0.29) is 44.2 Å². The van der Waals surface area contributed by atoms with E-state index < -0.39 is 24.4 Å². The first-order chi connectivity index (χ1) is 14.8. The first-order valence-electron chi connectivity index (χ1n) is 10.9. The zero-order chi connectivity index (χ0) is 22.2. The number of nitrogens with zero attached hydrogens (tertiary/aromatic N) is 2. The van der Waals surface area contributed by atoms with E-state index >= 15 is 0 Å². The van der Waals surface area contributed by atoms with E-state index in [4.69, 9.17) is 5.73 Å². The van der Waals surface area contributed by atoms with Crippen molar-refractivity contribution >= 4 is 23.4 Å². The molecule has 0 radical (unpaired) electrons. The highest BCUT2D eigenvalue weighted by molar-refractivity contribution is 6.06. The summed E-state index contributed by atoms with van der Waals surface area (Å²) in [5, 5.41) is 2.30. The Kier molecular flexibility index (Phi) is 5.96. The molecule has 31 heavy (non-hydrogen) atoms. The van der Waals surface area contributed by atoms with Crippen LogP contribution < -0.4 is 16.0 Å². The van der Waals surface area contributed by atoms with Gasteiger partial charge in [0.15, 0.2) is 0 Å². The molecule has 0 spiro atoms. The zero-order valence-corrected chi connectivity index (χ0v) is 17.4. The van der Waals surface area contributed by atoms with Crippen molar-refractivity contribution in [2.24, 2.45) is 11.7 Å². The molecule has 0 aromatic heterocycles. The van der Waals surface area contributed by atoms with Gasteiger partial charge in [-0.2, -0.15) is 0 Å². The topological polar surface area (TPSA) is 95.7 Å². The monoisotopic (exact) mass is 434 g/mol. The Bertz CT molecular complexity index is 888. The van der Waals surface area contributed by atoms with E-state index in [2.05, 4.69) is 5.32 Å². The van der Waals surface area contributed by atoms with Crippen LogP contribution in [0, 0.1) is 5.92 Å². The Morgan fingerprint density at radius 2 is 1.94 bits per heavy atom. The fraction of sp³-hybridized carbons (Fsp3) is 0.591. The Balaban J connectivity index is 1.57. The van der Waals surface area contributed by atoms with Crippen LogP contribution in [0.5, 0.6) is 0 Å². The summed E-state index contributed by atoms with van der Waals surface area (Å²) in [4.78, 5) is 40.2. The van der Waals surface area contributed by atoms with Gasteiger partial charge in [-0.05, 0) is 30.9 Å². The second-order valence-corrected chi connectivity index (χ2v) is 8.73. The molecule has 1 unspecified atom stereocenters. The summed E-state index contributed by atoms with van der Waals surface area (Å²) >= 11 is 0. The van der Waals surface area contributed by atoms with Crippen molar-refractivity contribution in [1.82, 2.24) is 10.2 Å². The Hall–Kier alpha value is -2.55. The van der Waals surface area contributed by atoms with Gasteiger partial charge in [0.1, 0.15) is 6.04 Å². The number of imide groups is 1. The van der Waals surface area contributed by atoms with Gasteiger partial charge in [0.2, 0.25) is 11.8 Å². The maximum Gasteiger partial charge on any atom is 0.261 e. The Morgan fingerprint density at radius 3 is 2.61 bits per heavy atom. The Morgan fingerprint density at radius 1 is 1.16 bits per heavy atom. The molecule has 4 rings (SSSR count). The molecule has 1 saturated heterocycles. The summed E-state index contributed by atoms with van der Waals surface area (Å²) in [6, 6.07) is 4.62. The summed E-state index contributed by atoms with van der Waals surface area (Å²) in [6.07, 6.45) is 3.37. The third kappa shape index (κ3) is 4.71. The molecule has 2 fully saturated rings. The molecule has 1 aromatic rings. The molecular weight excluding hydrogens is 406 g/mol. The van der Waals surface area contributed by atoms with Crippen molar-refractivity contribution in [2.75, 3.05) is 24.5 Å². The molecule has 1 atom stereocenters. The normalized spacial score (nSPS) is 21.3. The molecule has 1 saturated carbocycles. The predicted octanol–water partition coefficient (Wildman–Crippen LogP) is 2.04. The minimum Gasteiger partial charge on any atom is -0.371 e. The average molecular weight is 434 g/mol. The van der Waals surface area contributed by atoms with Crippen molar-refractivity contribution in [3.63, 3.8) is 0 Å². The van der Waals surface area contributed by atoms with E-state index in [0.29, 0.717) is 18.0 Å². The first-order valence-corrected chi connectivity index (χ1v) is 10.9. The minimum absolute atomic E-state index is 0.139. The number of piperidine rings is 1. The highest BCUT2D eigenvalue weighted by Crippen LogP contribution is 2.37. The highest BCUT2D eigenvalue weighted by Gasteiger charge is 2.40. The maximum atomic E-state index is 13.9. The van der Waals surface area contributed by atoms with Gasteiger partial charge in [0, 0.05) is 49.3 Å². The van der Waals surface area contributed by atoms with Crippen LogP contribution in [0.2, 0.25) is 0 Å². The smallest absolute Gasteiger partial charge is 0.261 e. The lowest BCUT2D eigenvalue weighted by Gasteiger charge is -2.30. The molecule has 3 aliphatic rings. The van der Waals surface area contributed by atoms with E-state index in [1.807, 2.05) is 11.0 Å². The van der Waals surface area contributed by atoms with Gasteiger partial charge in [-0.25, -0.2) is 8.78 Å². The number of hydrogen-bond donors (Lipinski definition) is 2. The van der Waals surface area contributed by atoms with Gasteiger partial charge in [0.25, 0.3) is 11.8 Å². The summed E-state index contributed by atoms with van der Waals surface area (Å²) in [7, 11) is 0. The molecule has 9 heteroatoms.